The predicted molar refractivity (Wildman–Crippen MR) is 91.5 cm³/mol. The van der Waals surface area contributed by atoms with Crippen LogP contribution in [0, 0.1) is 18.2 Å². The summed E-state index contributed by atoms with van der Waals surface area (Å²) in [5.74, 6) is -0.748. The van der Waals surface area contributed by atoms with Gasteiger partial charge in [0.1, 0.15) is 5.82 Å². The largest absolute Gasteiger partial charge is 0.321 e. The van der Waals surface area contributed by atoms with Crippen LogP contribution in [0.15, 0.2) is 30.3 Å². The Hall–Kier alpha value is -2.21. The van der Waals surface area contributed by atoms with Gasteiger partial charge in [0, 0.05) is 11.1 Å². The molecule has 2 aromatic rings. The lowest BCUT2D eigenvalue weighted by Gasteiger charge is -2.16. The van der Waals surface area contributed by atoms with Gasteiger partial charge in [0.2, 0.25) is 5.91 Å². The van der Waals surface area contributed by atoms with E-state index in [2.05, 4.69) is 10.6 Å². The molecule has 0 bridgehead atoms. The number of hydrogen-bond acceptors (Lipinski definition) is 3. The second-order valence-electron chi connectivity index (χ2n) is 6.29. The average molecular weight is 334 g/mol. The average Bonchev–Trinajstić information content (AvgIpc) is 2.81. The highest BCUT2D eigenvalue weighted by molar-refractivity contribution is 7.18. The Morgan fingerprint density at radius 2 is 1.70 bits per heavy atom. The molecule has 0 spiro atoms. The molecule has 2 rings (SSSR count). The molecule has 1 heterocycles. The molecule has 6 heteroatoms. The number of anilines is 2. The zero-order chi connectivity index (χ0) is 17.2. The van der Waals surface area contributed by atoms with Crippen molar-refractivity contribution < 1.29 is 14.0 Å². The van der Waals surface area contributed by atoms with Gasteiger partial charge in [-0.1, -0.05) is 20.8 Å². The first kappa shape index (κ1) is 17.1. The van der Waals surface area contributed by atoms with Crippen molar-refractivity contribution in [3.8, 4) is 0 Å². The second kappa shape index (κ2) is 6.50. The van der Waals surface area contributed by atoms with Gasteiger partial charge >= 0.3 is 0 Å². The molecule has 0 atom stereocenters. The molecule has 2 N–H and O–H groups in total. The third-order valence-electron chi connectivity index (χ3n) is 3.14. The van der Waals surface area contributed by atoms with Gasteiger partial charge in [-0.3, -0.25) is 9.59 Å². The number of rotatable bonds is 3. The normalized spacial score (nSPS) is 11.2. The van der Waals surface area contributed by atoms with Gasteiger partial charge in [-0.05, 0) is 42.8 Å². The summed E-state index contributed by atoms with van der Waals surface area (Å²) < 4.78 is 12.9. The zero-order valence-corrected chi connectivity index (χ0v) is 14.3. The molecule has 2 amide bonds. The van der Waals surface area contributed by atoms with Crippen LogP contribution in [0.25, 0.3) is 0 Å². The maximum atomic E-state index is 12.9. The van der Waals surface area contributed by atoms with Crippen molar-refractivity contribution in [1.82, 2.24) is 0 Å². The fraction of sp³-hybridized carbons (Fsp3) is 0.294. The Labute approximate surface area is 138 Å². The summed E-state index contributed by atoms with van der Waals surface area (Å²) in [6.45, 7) is 7.28. The van der Waals surface area contributed by atoms with Gasteiger partial charge in [0.05, 0.1) is 9.88 Å². The highest BCUT2D eigenvalue weighted by atomic mass is 32.1. The molecule has 1 aromatic heterocycles. The fourth-order valence-electron chi connectivity index (χ4n) is 1.79. The topological polar surface area (TPSA) is 58.2 Å². The van der Waals surface area contributed by atoms with Crippen molar-refractivity contribution in [2.24, 2.45) is 5.41 Å². The summed E-state index contributed by atoms with van der Waals surface area (Å²) in [6.07, 6.45) is 0. The molecule has 0 fully saturated rings. The van der Waals surface area contributed by atoms with Crippen molar-refractivity contribution in [2.75, 3.05) is 10.6 Å². The molecular weight excluding hydrogens is 315 g/mol. The van der Waals surface area contributed by atoms with E-state index in [0.717, 1.165) is 5.56 Å². The minimum atomic E-state index is -0.506. The molecule has 0 radical (unpaired) electrons. The van der Waals surface area contributed by atoms with Crippen LogP contribution in [0.5, 0.6) is 0 Å². The van der Waals surface area contributed by atoms with E-state index in [1.807, 2.05) is 27.7 Å². The standard InChI is InChI=1S/C17H19FN2O2S/c1-10-9-13(20-16(22)17(2,3)4)23-14(10)15(21)19-12-7-5-11(18)6-8-12/h5-9H,1-4H3,(H,19,21)(H,20,22). The van der Waals surface area contributed by atoms with Gasteiger partial charge in [-0.15, -0.1) is 11.3 Å². The fourth-order valence-corrected chi connectivity index (χ4v) is 2.75. The lowest BCUT2D eigenvalue weighted by molar-refractivity contribution is -0.123. The van der Waals surface area contributed by atoms with Crippen LogP contribution >= 0.6 is 11.3 Å². The predicted octanol–water partition coefficient (Wildman–Crippen LogP) is 4.43. The molecule has 0 aliphatic rings. The summed E-state index contributed by atoms with van der Waals surface area (Å²) in [7, 11) is 0. The maximum Gasteiger partial charge on any atom is 0.266 e. The van der Waals surface area contributed by atoms with E-state index < -0.39 is 5.41 Å². The van der Waals surface area contributed by atoms with Crippen LogP contribution in [-0.4, -0.2) is 11.8 Å². The van der Waals surface area contributed by atoms with Crippen molar-refractivity contribution >= 4 is 33.8 Å². The van der Waals surface area contributed by atoms with E-state index in [-0.39, 0.29) is 17.6 Å². The molecule has 0 aliphatic heterocycles. The SMILES string of the molecule is Cc1cc(NC(=O)C(C)(C)C)sc1C(=O)Nc1ccc(F)cc1. The maximum absolute atomic E-state index is 12.9. The van der Waals surface area contributed by atoms with Crippen LogP contribution in [0.1, 0.15) is 36.0 Å². The Morgan fingerprint density at radius 3 is 2.26 bits per heavy atom. The summed E-state index contributed by atoms with van der Waals surface area (Å²) in [6, 6.07) is 7.34. The molecule has 1 aromatic carbocycles. The first-order chi connectivity index (χ1) is 10.7. The van der Waals surface area contributed by atoms with Crippen molar-refractivity contribution in [3.05, 3.63) is 46.6 Å². The Kier molecular flexibility index (Phi) is 4.85. The van der Waals surface area contributed by atoms with Gasteiger partial charge in [0.15, 0.2) is 0 Å². The van der Waals surface area contributed by atoms with Crippen molar-refractivity contribution in [2.45, 2.75) is 27.7 Å². The van der Waals surface area contributed by atoms with E-state index in [4.69, 9.17) is 0 Å². The molecule has 0 aliphatic carbocycles. The number of aryl methyl sites for hydroxylation is 1. The minimum Gasteiger partial charge on any atom is -0.321 e. The quantitative estimate of drug-likeness (QED) is 0.872. The van der Waals surface area contributed by atoms with Crippen molar-refractivity contribution in [1.29, 1.82) is 0 Å². The minimum absolute atomic E-state index is 0.107. The first-order valence-electron chi connectivity index (χ1n) is 7.15. The van der Waals surface area contributed by atoms with Gasteiger partial charge in [-0.25, -0.2) is 4.39 Å². The van der Waals surface area contributed by atoms with E-state index in [1.54, 1.807) is 6.07 Å². The van der Waals surface area contributed by atoms with Crippen LogP contribution in [0.2, 0.25) is 0 Å². The Balaban J connectivity index is 2.12. The highest BCUT2D eigenvalue weighted by Gasteiger charge is 2.23. The van der Waals surface area contributed by atoms with Crippen LogP contribution < -0.4 is 10.6 Å². The summed E-state index contributed by atoms with van der Waals surface area (Å²) in [5.41, 5.74) is 0.789. The molecule has 0 saturated heterocycles. The van der Waals surface area contributed by atoms with E-state index >= 15 is 0 Å². The number of nitrogens with one attached hydrogen (secondary N) is 2. The Morgan fingerprint density at radius 1 is 1.09 bits per heavy atom. The van der Waals surface area contributed by atoms with Gasteiger partial charge in [0.25, 0.3) is 5.91 Å². The molecule has 122 valence electrons. The van der Waals surface area contributed by atoms with Crippen LogP contribution in [0.3, 0.4) is 0 Å². The number of halogens is 1. The van der Waals surface area contributed by atoms with Gasteiger partial charge < -0.3 is 10.6 Å². The number of carbonyl (C=O) groups is 2. The zero-order valence-electron chi connectivity index (χ0n) is 13.5. The van der Waals surface area contributed by atoms with Crippen LogP contribution in [0.4, 0.5) is 15.1 Å². The molecule has 0 unspecified atom stereocenters. The summed E-state index contributed by atoms with van der Waals surface area (Å²) >= 11 is 1.22. The monoisotopic (exact) mass is 334 g/mol. The highest BCUT2D eigenvalue weighted by Crippen LogP contribution is 2.29. The Bertz CT molecular complexity index is 730. The summed E-state index contributed by atoms with van der Waals surface area (Å²) in [4.78, 5) is 24.8. The third kappa shape index (κ3) is 4.39. The lowest BCUT2D eigenvalue weighted by Crippen LogP contribution is -2.27. The smallest absolute Gasteiger partial charge is 0.266 e. The van der Waals surface area contributed by atoms with E-state index in [9.17, 15) is 14.0 Å². The number of hydrogen-bond donors (Lipinski definition) is 2. The second-order valence-corrected chi connectivity index (χ2v) is 7.34. The number of amides is 2. The number of carbonyl (C=O) groups excluding carboxylic acids is 2. The number of benzene rings is 1. The lowest BCUT2D eigenvalue weighted by atomic mass is 9.96. The molecule has 4 nitrogen and oxygen atoms in total. The molecule has 0 saturated carbocycles. The van der Waals surface area contributed by atoms with Crippen molar-refractivity contribution in [3.63, 3.8) is 0 Å². The summed E-state index contributed by atoms with van der Waals surface area (Å²) in [5, 5.41) is 6.17. The number of thiophene rings is 1. The third-order valence-corrected chi connectivity index (χ3v) is 4.30. The molecule has 23 heavy (non-hydrogen) atoms. The van der Waals surface area contributed by atoms with E-state index in [0.29, 0.717) is 15.6 Å². The first-order valence-corrected chi connectivity index (χ1v) is 7.97. The van der Waals surface area contributed by atoms with Crippen LogP contribution in [-0.2, 0) is 4.79 Å². The molecular formula is C17H19FN2O2S. The van der Waals surface area contributed by atoms with E-state index in [1.165, 1.54) is 35.6 Å². The van der Waals surface area contributed by atoms with Gasteiger partial charge in [-0.2, -0.15) is 0 Å².